The molecule has 12 heavy (non-hydrogen) atoms. The first-order chi connectivity index (χ1) is 5.47. The lowest BCUT2D eigenvalue weighted by atomic mass is 10.4. The van der Waals surface area contributed by atoms with E-state index in [9.17, 15) is 13.2 Å². The fraction of sp³-hybridized carbons (Fsp3) is 1.00. The van der Waals surface area contributed by atoms with E-state index in [2.05, 4.69) is 0 Å². The zero-order valence-corrected chi connectivity index (χ0v) is 7.58. The van der Waals surface area contributed by atoms with Gasteiger partial charge < -0.3 is 4.90 Å². The maximum Gasteiger partial charge on any atom is 0.456 e. The molecule has 1 heterocycles. The SMILES string of the molecule is CN1CCN(SC(F)(F)F)CC1. The van der Waals surface area contributed by atoms with Crippen LogP contribution in [0.1, 0.15) is 0 Å². The highest BCUT2D eigenvalue weighted by atomic mass is 32.2. The van der Waals surface area contributed by atoms with Crippen LogP contribution in [0.3, 0.4) is 0 Å². The molecule has 0 aromatic rings. The van der Waals surface area contributed by atoms with E-state index in [-0.39, 0.29) is 11.9 Å². The Morgan fingerprint density at radius 2 is 1.58 bits per heavy atom. The molecule has 0 saturated carbocycles. The number of halogens is 3. The summed E-state index contributed by atoms with van der Waals surface area (Å²) in [4.78, 5) is 2.02. The van der Waals surface area contributed by atoms with E-state index in [0.717, 1.165) is 0 Å². The fourth-order valence-electron chi connectivity index (χ4n) is 1.03. The molecule has 6 heteroatoms. The summed E-state index contributed by atoms with van der Waals surface area (Å²) in [6.45, 7) is 2.40. The van der Waals surface area contributed by atoms with Crippen molar-refractivity contribution in [3.05, 3.63) is 0 Å². The van der Waals surface area contributed by atoms with Crippen LogP contribution in [0.15, 0.2) is 0 Å². The van der Waals surface area contributed by atoms with Crippen molar-refractivity contribution in [1.29, 1.82) is 0 Å². The van der Waals surface area contributed by atoms with Crippen LogP contribution in [0.25, 0.3) is 0 Å². The Bertz CT molecular complexity index is 142. The van der Waals surface area contributed by atoms with E-state index >= 15 is 0 Å². The van der Waals surface area contributed by atoms with Crippen LogP contribution in [0.5, 0.6) is 0 Å². The Hall–Kier alpha value is 0.0600. The van der Waals surface area contributed by atoms with Crippen molar-refractivity contribution >= 4 is 11.9 Å². The third-order valence-electron chi connectivity index (χ3n) is 1.69. The highest BCUT2D eigenvalue weighted by molar-refractivity contribution is 7.97. The normalized spacial score (nSPS) is 23.0. The highest BCUT2D eigenvalue weighted by Gasteiger charge is 2.33. The molecule has 1 aliphatic rings. The van der Waals surface area contributed by atoms with Gasteiger partial charge in [-0.15, -0.1) is 0 Å². The van der Waals surface area contributed by atoms with Gasteiger partial charge in [-0.3, -0.25) is 0 Å². The fourth-order valence-corrected chi connectivity index (χ4v) is 1.66. The van der Waals surface area contributed by atoms with Crippen LogP contribution in [-0.4, -0.2) is 47.9 Å². The van der Waals surface area contributed by atoms with Crippen LogP contribution in [0.4, 0.5) is 13.2 Å². The van der Waals surface area contributed by atoms with Crippen molar-refractivity contribution in [1.82, 2.24) is 9.21 Å². The van der Waals surface area contributed by atoms with Crippen molar-refractivity contribution in [3.8, 4) is 0 Å². The summed E-state index contributed by atoms with van der Waals surface area (Å²) in [6, 6.07) is 0. The molecule has 2 nitrogen and oxygen atoms in total. The molecule has 0 aromatic heterocycles. The third kappa shape index (κ3) is 3.64. The van der Waals surface area contributed by atoms with Gasteiger partial charge in [-0.05, 0) is 7.05 Å². The highest BCUT2D eigenvalue weighted by Crippen LogP contribution is 2.33. The Kier molecular flexibility index (Phi) is 3.25. The summed E-state index contributed by atoms with van der Waals surface area (Å²) in [5.41, 5.74) is -4.13. The molecule has 1 rings (SSSR count). The van der Waals surface area contributed by atoms with E-state index in [1.54, 1.807) is 0 Å². The first-order valence-corrected chi connectivity index (χ1v) is 4.44. The van der Waals surface area contributed by atoms with E-state index in [0.29, 0.717) is 26.2 Å². The maximum absolute atomic E-state index is 11.8. The van der Waals surface area contributed by atoms with E-state index in [4.69, 9.17) is 0 Å². The first-order valence-electron chi connectivity index (χ1n) is 3.67. The quantitative estimate of drug-likeness (QED) is 0.591. The molecule has 0 N–H and O–H groups in total. The zero-order valence-electron chi connectivity index (χ0n) is 6.76. The van der Waals surface area contributed by atoms with Crippen LogP contribution in [0, 0.1) is 0 Å². The summed E-state index contributed by atoms with van der Waals surface area (Å²) in [5, 5.41) is 0. The molecule has 0 bridgehead atoms. The van der Waals surface area contributed by atoms with Crippen molar-refractivity contribution in [3.63, 3.8) is 0 Å². The Balaban J connectivity index is 2.26. The number of alkyl halides is 3. The predicted octanol–water partition coefficient (Wildman–Crippen LogP) is 1.40. The summed E-state index contributed by atoms with van der Waals surface area (Å²) in [6.07, 6.45) is 0. The van der Waals surface area contributed by atoms with E-state index in [1.165, 1.54) is 4.31 Å². The smallest absolute Gasteiger partial charge is 0.304 e. The number of nitrogens with zero attached hydrogens (tertiary/aromatic N) is 2. The van der Waals surface area contributed by atoms with Crippen LogP contribution >= 0.6 is 11.9 Å². The van der Waals surface area contributed by atoms with Gasteiger partial charge in [0.25, 0.3) is 0 Å². The van der Waals surface area contributed by atoms with Crippen molar-refractivity contribution in [2.24, 2.45) is 0 Å². The van der Waals surface area contributed by atoms with Gasteiger partial charge in [-0.2, -0.15) is 13.2 Å². The third-order valence-corrected chi connectivity index (χ3v) is 2.53. The lowest BCUT2D eigenvalue weighted by Gasteiger charge is -2.31. The second-order valence-corrected chi connectivity index (χ2v) is 3.93. The molecule has 0 atom stereocenters. The molecule has 0 spiro atoms. The second kappa shape index (κ2) is 3.85. The minimum Gasteiger partial charge on any atom is -0.304 e. The lowest BCUT2D eigenvalue weighted by molar-refractivity contribution is -0.0369. The number of hydrogen-bond acceptors (Lipinski definition) is 3. The number of hydrogen-bond donors (Lipinski definition) is 0. The lowest BCUT2D eigenvalue weighted by Crippen LogP contribution is -2.42. The Morgan fingerprint density at radius 3 is 2.00 bits per heavy atom. The monoisotopic (exact) mass is 200 g/mol. The standard InChI is InChI=1S/C6H11F3N2S/c1-10-2-4-11(5-3-10)12-6(7,8)9/h2-5H2,1H3. The Labute approximate surface area is 73.8 Å². The molecule has 72 valence electrons. The van der Waals surface area contributed by atoms with E-state index < -0.39 is 5.51 Å². The molecule has 0 unspecified atom stereocenters. The number of likely N-dealkylation sites (N-methyl/N-ethyl adjacent to an activating group) is 1. The minimum atomic E-state index is -4.13. The van der Waals surface area contributed by atoms with Gasteiger partial charge in [-0.1, -0.05) is 0 Å². The topological polar surface area (TPSA) is 6.48 Å². The average Bonchev–Trinajstić information content (AvgIpc) is 1.91. The van der Waals surface area contributed by atoms with Gasteiger partial charge >= 0.3 is 5.51 Å². The van der Waals surface area contributed by atoms with Gasteiger partial charge in [0.2, 0.25) is 0 Å². The van der Waals surface area contributed by atoms with Crippen LogP contribution < -0.4 is 0 Å². The van der Waals surface area contributed by atoms with E-state index in [1.807, 2.05) is 11.9 Å². The van der Waals surface area contributed by atoms with Gasteiger partial charge in [0.1, 0.15) is 0 Å². The zero-order chi connectivity index (χ0) is 9.19. The number of piperazine rings is 1. The van der Waals surface area contributed by atoms with Crippen LogP contribution in [-0.2, 0) is 0 Å². The molecule has 0 aromatic carbocycles. The average molecular weight is 200 g/mol. The number of rotatable bonds is 1. The van der Waals surface area contributed by atoms with Crippen molar-refractivity contribution < 1.29 is 13.2 Å². The largest absolute Gasteiger partial charge is 0.456 e. The molecule has 0 amide bonds. The Morgan fingerprint density at radius 1 is 1.08 bits per heavy atom. The van der Waals surface area contributed by atoms with Crippen molar-refractivity contribution in [2.75, 3.05) is 33.2 Å². The summed E-state index contributed by atoms with van der Waals surface area (Å²) < 4.78 is 36.9. The molecule has 0 radical (unpaired) electrons. The van der Waals surface area contributed by atoms with Gasteiger partial charge in [0.05, 0.1) is 0 Å². The molecular weight excluding hydrogens is 189 g/mol. The first kappa shape index (κ1) is 10.1. The summed E-state index contributed by atoms with van der Waals surface area (Å²) in [5.74, 6) is 0. The van der Waals surface area contributed by atoms with Crippen molar-refractivity contribution in [2.45, 2.75) is 5.51 Å². The predicted molar refractivity (Wildman–Crippen MR) is 42.7 cm³/mol. The minimum absolute atomic E-state index is 0.0136. The molecule has 1 saturated heterocycles. The molecule has 0 aliphatic carbocycles. The molecule has 1 fully saturated rings. The summed E-state index contributed by atoms with van der Waals surface area (Å²) in [7, 11) is 1.91. The molecular formula is C6H11F3N2S. The molecule has 1 aliphatic heterocycles. The van der Waals surface area contributed by atoms with Crippen LogP contribution in [0.2, 0.25) is 0 Å². The second-order valence-electron chi connectivity index (χ2n) is 2.77. The van der Waals surface area contributed by atoms with Gasteiger partial charge in [-0.25, -0.2) is 4.31 Å². The maximum atomic E-state index is 11.8. The van der Waals surface area contributed by atoms with Gasteiger partial charge in [0, 0.05) is 38.1 Å². The van der Waals surface area contributed by atoms with Gasteiger partial charge in [0.15, 0.2) is 0 Å². The summed E-state index contributed by atoms with van der Waals surface area (Å²) >= 11 is -0.0136.